The number of anilines is 1. The second kappa shape index (κ2) is 6.84. The Morgan fingerprint density at radius 1 is 1.18 bits per heavy atom. The Hall–Kier alpha value is -3.05. The predicted octanol–water partition coefficient (Wildman–Crippen LogP) is 5.47. The number of aromatic nitrogens is 3. The summed E-state index contributed by atoms with van der Waals surface area (Å²) in [5.41, 5.74) is 6.39. The number of nitrogens with one attached hydrogen (secondary N) is 1. The van der Waals surface area contributed by atoms with Crippen molar-refractivity contribution in [2.75, 3.05) is 18.0 Å². The van der Waals surface area contributed by atoms with Crippen LogP contribution in [-0.2, 0) is 0 Å². The van der Waals surface area contributed by atoms with Crippen LogP contribution < -0.4 is 4.90 Å². The van der Waals surface area contributed by atoms with Gasteiger partial charge in [-0.1, -0.05) is 35.0 Å². The number of hydrogen-bond donors (Lipinski definition) is 1. The van der Waals surface area contributed by atoms with Gasteiger partial charge in [0.05, 0.1) is 11.9 Å². The van der Waals surface area contributed by atoms with Crippen molar-refractivity contribution in [2.45, 2.75) is 13.3 Å². The van der Waals surface area contributed by atoms with Crippen LogP contribution in [0.25, 0.3) is 27.9 Å². The summed E-state index contributed by atoms with van der Waals surface area (Å²) in [7, 11) is 0. The minimum absolute atomic E-state index is 0.713. The zero-order chi connectivity index (χ0) is 19.1. The van der Waals surface area contributed by atoms with Crippen molar-refractivity contribution in [3.8, 4) is 11.3 Å². The van der Waals surface area contributed by atoms with Crippen molar-refractivity contribution >= 4 is 33.9 Å². The Balaban J connectivity index is 1.37. The molecule has 28 heavy (non-hydrogen) atoms. The molecule has 0 unspecified atom stereocenters. The van der Waals surface area contributed by atoms with Crippen molar-refractivity contribution in [1.82, 2.24) is 15.1 Å². The molecular weight excluding hydrogens is 372 g/mol. The van der Waals surface area contributed by atoms with E-state index in [1.54, 1.807) is 0 Å². The molecule has 4 heterocycles. The van der Waals surface area contributed by atoms with E-state index in [1.807, 2.05) is 42.7 Å². The molecule has 4 aromatic rings. The number of H-pyrrole nitrogens is 1. The van der Waals surface area contributed by atoms with Crippen LogP contribution in [0.3, 0.4) is 0 Å². The topological polar surface area (TPSA) is 58.0 Å². The zero-order valence-corrected chi connectivity index (χ0v) is 16.2. The number of hydrogen-bond acceptors (Lipinski definition) is 4. The highest BCUT2D eigenvalue weighted by Gasteiger charge is 2.19. The maximum atomic E-state index is 5.96. The van der Waals surface area contributed by atoms with E-state index >= 15 is 0 Å². The minimum atomic E-state index is 0.713. The standard InChI is InChI=1S/C22H19ClN4O/c1-14-18-6-9-24-22(18)25-13-20(14)27-10-7-16(8-11-27)21-12-19(26-28-21)15-2-4-17(23)5-3-15/h2-7,9,12-13H,8,10-11H2,1H3,(H,24,25). The lowest BCUT2D eigenvalue weighted by Crippen LogP contribution is -2.28. The van der Waals surface area contributed by atoms with Gasteiger partial charge in [-0.05, 0) is 42.7 Å². The average molecular weight is 391 g/mol. The maximum Gasteiger partial charge on any atom is 0.163 e. The Morgan fingerprint density at radius 3 is 2.82 bits per heavy atom. The van der Waals surface area contributed by atoms with Gasteiger partial charge >= 0.3 is 0 Å². The van der Waals surface area contributed by atoms with Crippen LogP contribution in [0.4, 0.5) is 5.69 Å². The highest BCUT2D eigenvalue weighted by atomic mass is 35.5. The number of aromatic amines is 1. The normalized spacial score (nSPS) is 14.5. The van der Waals surface area contributed by atoms with Gasteiger partial charge in [-0.3, -0.25) is 0 Å². The second-order valence-corrected chi connectivity index (χ2v) is 7.45. The van der Waals surface area contributed by atoms with Gasteiger partial charge in [0.15, 0.2) is 5.76 Å². The van der Waals surface area contributed by atoms with E-state index in [2.05, 4.69) is 39.1 Å². The van der Waals surface area contributed by atoms with Crippen molar-refractivity contribution < 1.29 is 4.52 Å². The molecule has 0 amide bonds. The monoisotopic (exact) mass is 390 g/mol. The molecule has 0 fully saturated rings. The number of pyridine rings is 1. The van der Waals surface area contributed by atoms with Gasteiger partial charge in [0.2, 0.25) is 0 Å². The number of benzene rings is 1. The first-order chi connectivity index (χ1) is 13.7. The summed E-state index contributed by atoms with van der Waals surface area (Å²) in [5, 5.41) is 6.11. The van der Waals surface area contributed by atoms with Crippen LogP contribution in [-0.4, -0.2) is 28.2 Å². The number of nitrogens with zero attached hydrogens (tertiary/aromatic N) is 3. The zero-order valence-electron chi connectivity index (χ0n) is 15.4. The van der Waals surface area contributed by atoms with Crippen molar-refractivity contribution in [2.24, 2.45) is 0 Å². The predicted molar refractivity (Wildman–Crippen MR) is 113 cm³/mol. The SMILES string of the molecule is Cc1c(N2CC=C(c3cc(-c4ccc(Cl)cc4)no3)CC2)cnc2[nH]ccc12. The van der Waals surface area contributed by atoms with Crippen LogP contribution in [0, 0.1) is 6.92 Å². The fourth-order valence-corrected chi connectivity index (χ4v) is 3.87. The van der Waals surface area contributed by atoms with E-state index in [-0.39, 0.29) is 0 Å². The van der Waals surface area contributed by atoms with Crippen molar-refractivity contribution in [3.05, 3.63) is 71.2 Å². The molecule has 0 radical (unpaired) electrons. The second-order valence-electron chi connectivity index (χ2n) is 7.02. The van der Waals surface area contributed by atoms with Crippen molar-refractivity contribution in [3.63, 3.8) is 0 Å². The first-order valence-corrected chi connectivity index (χ1v) is 9.66. The molecule has 0 saturated carbocycles. The van der Waals surface area contributed by atoms with Gasteiger partial charge in [-0.2, -0.15) is 0 Å². The minimum Gasteiger partial charge on any atom is -0.366 e. The summed E-state index contributed by atoms with van der Waals surface area (Å²) < 4.78 is 5.61. The van der Waals surface area contributed by atoms with Crippen LogP contribution in [0.15, 0.2) is 59.4 Å². The molecule has 0 bridgehead atoms. The van der Waals surface area contributed by atoms with E-state index in [0.717, 1.165) is 42.2 Å². The van der Waals surface area contributed by atoms with E-state index in [1.165, 1.54) is 22.2 Å². The highest BCUT2D eigenvalue weighted by molar-refractivity contribution is 6.30. The summed E-state index contributed by atoms with van der Waals surface area (Å²) in [6.45, 7) is 3.90. The van der Waals surface area contributed by atoms with E-state index in [4.69, 9.17) is 16.1 Å². The van der Waals surface area contributed by atoms with Gasteiger partial charge in [0.1, 0.15) is 11.3 Å². The van der Waals surface area contributed by atoms with Crippen LogP contribution in [0.5, 0.6) is 0 Å². The molecule has 5 rings (SSSR count). The van der Waals surface area contributed by atoms with E-state index < -0.39 is 0 Å². The maximum absolute atomic E-state index is 5.96. The Morgan fingerprint density at radius 2 is 2.04 bits per heavy atom. The van der Waals surface area contributed by atoms with Crippen molar-refractivity contribution in [1.29, 1.82) is 0 Å². The average Bonchev–Trinajstić information content (AvgIpc) is 3.39. The van der Waals surface area contributed by atoms with E-state index in [9.17, 15) is 0 Å². The molecule has 1 aromatic carbocycles. The number of halogens is 1. The number of fused-ring (bicyclic) bond motifs is 1. The quantitative estimate of drug-likeness (QED) is 0.503. The third kappa shape index (κ3) is 2.98. The lowest BCUT2D eigenvalue weighted by molar-refractivity contribution is 0.410. The first-order valence-electron chi connectivity index (χ1n) is 9.29. The molecule has 5 nitrogen and oxygen atoms in total. The van der Waals surface area contributed by atoms with Gasteiger partial charge in [0, 0.05) is 41.3 Å². The molecule has 0 aliphatic carbocycles. The van der Waals surface area contributed by atoms with Gasteiger partial charge in [-0.15, -0.1) is 0 Å². The fraction of sp³-hybridized carbons (Fsp3) is 0.182. The first kappa shape index (κ1) is 17.1. The lowest BCUT2D eigenvalue weighted by Gasteiger charge is -2.29. The molecule has 6 heteroatoms. The molecule has 140 valence electrons. The Kier molecular flexibility index (Phi) is 4.17. The van der Waals surface area contributed by atoms with Gasteiger partial charge in [-0.25, -0.2) is 4.98 Å². The number of rotatable bonds is 3. The molecular formula is C22H19ClN4O. The summed E-state index contributed by atoms with van der Waals surface area (Å²) in [5.74, 6) is 0.834. The molecule has 0 atom stereocenters. The summed E-state index contributed by atoms with van der Waals surface area (Å²) >= 11 is 5.96. The largest absolute Gasteiger partial charge is 0.366 e. The molecule has 0 saturated heterocycles. The molecule has 0 spiro atoms. The summed E-state index contributed by atoms with van der Waals surface area (Å²) in [6, 6.07) is 11.7. The van der Waals surface area contributed by atoms with Gasteiger partial charge < -0.3 is 14.4 Å². The molecule has 1 aliphatic heterocycles. The van der Waals surface area contributed by atoms with Gasteiger partial charge in [0.25, 0.3) is 0 Å². The molecule has 3 aromatic heterocycles. The van der Waals surface area contributed by atoms with Crippen LogP contribution in [0.1, 0.15) is 17.7 Å². The summed E-state index contributed by atoms with van der Waals surface area (Å²) in [6.07, 6.45) is 7.02. The van der Waals surface area contributed by atoms with E-state index in [0.29, 0.717) is 5.02 Å². The van der Waals surface area contributed by atoms with Crippen LogP contribution >= 0.6 is 11.6 Å². The van der Waals surface area contributed by atoms with Crippen LogP contribution in [0.2, 0.25) is 5.02 Å². The third-order valence-corrected chi connectivity index (χ3v) is 5.60. The highest BCUT2D eigenvalue weighted by Crippen LogP contribution is 2.31. The summed E-state index contributed by atoms with van der Waals surface area (Å²) in [4.78, 5) is 10.1. The number of aryl methyl sites for hydroxylation is 1. The molecule has 1 N–H and O–H groups in total. The lowest BCUT2D eigenvalue weighted by atomic mass is 10.0. The Bertz CT molecular complexity index is 1170. The third-order valence-electron chi connectivity index (χ3n) is 5.35. The Labute approximate surface area is 167 Å². The smallest absolute Gasteiger partial charge is 0.163 e. The molecule has 1 aliphatic rings. The fourth-order valence-electron chi connectivity index (χ4n) is 3.74.